The standard InChI is InChI=1S/C82H76N2O4/c1-5-59-9-19-69(20-10-59)55-85-47-43-65-31-39-79-75(51-65)76-52-66(44-48-86-56-70-21-11-60(6-2)12-22-70)32-40-80(76)83(79)73-35-27-63(28-36-73)17-18-64-29-37-74(38-30-64)84-81-41-33-67(45-49-87-57-71-23-13-61(7-3)14-24-71)53-77(81)78-54-68(34-42-82(78)84)46-50-88-58-72-25-15-62(8-4)16-26-72/h5-16,19-42,51-54H,1-4,17-18,43-50,55-58H2. The third-order valence-electron chi connectivity index (χ3n) is 17.0. The second-order valence-corrected chi connectivity index (χ2v) is 22.9. The molecule has 438 valence electrons. The van der Waals surface area contributed by atoms with E-state index in [1.165, 1.54) is 77.0 Å². The van der Waals surface area contributed by atoms with Gasteiger partial charge in [0.2, 0.25) is 0 Å². The van der Waals surface area contributed by atoms with Crippen LogP contribution in [0.15, 0.2) is 245 Å². The molecule has 0 bridgehead atoms. The van der Waals surface area contributed by atoms with Crippen LogP contribution in [0.4, 0.5) is 0 Å². The Morgan fingerprint density at radius 1 is 0.239 bits per heavy atom. The van der Waals surface area contributed by atoms with Crippen LogP contribution in [0.1, 0.15) is 77.9 Å². The molecule has 6 nitrogen and oxygen atoms in total. The Labute approximate surface area is 518 Å². The first-order valence-corrected chi connectivity index (χ1v) is 30.9. The maximum atomic E-state index is 6.19. The van der Waals surface area contributed by atoms with E-state index in [0.29, 0.717) is 52.9 Å². The van der Waals surface area contributed by atoms with Crippen molar-refractivity contribution in [1.82, 2.24) is 9.13 Å². The van der Waals surface area contributed by atoms with Crippen molar-refractivity contribution in [3.05, 3.63) is 323 Å². The number of rotatable bonds is 29. The van der Waals surface area contributed by atoms with E-state index in [9.17, 15) is 0 Å². The van der Waals surface area contributed by atoms with Crippen molar-refractivity contribution in [2.75, 3.05) is 26.4 Å². The van der Waals surface area contributed by atoms with Gasteiger partial charge in [0, 0.05) is 32.9 Å². The van der Waals surface area contributed by atoms with Gasteiger partial charge >= 0.3 is 0 Å². The second kappa shape index (κ2) is 28.4. The van der Waals surface area contributed by atoms with Crippen LogP contribution < -0.4 is 0 Å². The average Bonchev–Trinajstić information content (AvgIpc) is 1.83. The Balaban J connectivity index is 0.741. The highest BCUT2D eigenvalue weighted by atomic mass is 16.5. The molecule has 0 unspecified atom stereocenters. The van der Waals surface area contributed by atoms with Crippen molar-refractivity contribution in [2.24, 2.45) is 0 Å². The molecule has 0 saturated carbocycles. The van der Waals surface area contributed by atoms with Crippen LogP contribution in [0, 0.1) is 0 Å². The summed E-state index contributed by atoms with van der Waals surface area (Å²) in [6.07, 6.45) is 12.6. The van der Waals surface area contributed by atoms with Gasteiger partial charge in [-0.3, -0.25) is 0 Å². The fourth-order valence-corrected chi connectivity index (χ4v) is 11.8. The molecule has 12 aromatic rings. The van der Waals surface area contributed by atoms with Crippen LogP contribution in [0.3, 0.4) is 0 Å². The van der Waals surface area contributed by atoms with E-state index in [2.05, 4.69) is 254 Å². The van der Waals surface area contributed by atoms with E-state index < -0.39 is 0 Å². The van der Waals surface area contributed by atoms with E-state index in [4.69, 9.17) is 18.9 Å². The zero-order chi connectivity index (χ0) is 60.0. The third-order valence-corrected chi connectivity index (χ3v) is 17.0. The molecule has 0 aliphatic heterocycles. The SMILES string of the molecule is C=Cc1ccc(COCCc2ccc3c(c2)c2cc(CCOCc4ccc(C=C)cc4)ccc2n3-c2ccc(CCc3ccc(-n4c5ccc(CCOCc6ccc(C=C)cc6)cc5c5cc(CCOCc6ccc(C=C)cc6)ccc54)cc3)cc2)cc1. The molecule has 88 heavy (non-hydrogen) atoms. The summed E-state index contributed by atoms with van der Waals surface area (Å²) < 4.78 is 29.6. The predicted octanol–water partition coefficient (Wildman–Crippen LogP) is 19.3. The maximum absolute atomic E-state index is 6.19. The fourth-order valence-electron chi connectivity index (χ4n) is 11.8. The lowest BCUT2D eigenvalue weighted by atomic mass is 10.0. The summed E-state index contributed by atoms with van der Waals surface area (Å²) in [7, 11) is 0. The van der Waals surface area contributed by atoms with Gasteiger partial charge < -0.3 is 28.1 Å². The van der Waals surface area contributed by atoms with Crippen LogP contribution in [-0.4, -0.2) is 35.6 Å². The largest absolute Gasteiger partial charge is 0.376 e. The zero-order valence-electron chi connectivity index (χ0n) is 50.3. The first kappa shape index (κ1) is 59.0. The first-order chi connectivity index (χ1) is 43.4. The molecule has 0 amide bonds. The minimum absolute atomic E-state index is 0.581. The van der Waals surface area contributed by atoms with Crippen LogP contribution in [-0.2, 0) is 83.9 Å². The molecule has 0 fully saturated rings. The number of aromatic nitrogens is 2. The molecule has 0 aliphatic carbocycles. The molecule has 10 aromatic carbocycles. The lowest BCUT2D eigenvalue weighted by Crippen LogP contribution is -2.00. The molecule has 6 heteroatoms. The number of aryl methyl sites for hydroxylation is 2. The van der Waals surface area contributed by atoms with Gasteiger partial charge in [-0.1, -0.05) is 196 Å². The molecule has 12 rings (SSSR count). The van der Waals surface area contributed by atoms with Crippen molar-refractivity contribution < 1.29 is 18.9 Å². The topological polar surface area (TPSA) is 46.8 Å². The van der Waals surface area contributed by atoms with Crippen LogP contribution in [0.5, 0.6) is 0 Å². The van der Waals surface area contributed by atoms with E-state index in [1.54, 1.807) is 0 Å². The van der Waals surface area contributed by atoms with E-state index in [1.807, 2.05) is 24.3 Å². The molecular formula is C82H76N2O4. The molecule has 0 aliphatic rings. The highest BCUT2D eigenvalue weighted by molar-refractivity contribution is 6.11. The number of hydrogen-bond donors (Lipinski definition) is 0. The Hall–Kier alpha value is -9.40. The Morgan fingerprint density at radius 2 is 0.455 bits per heavy atom. The Bertz CT molecular complexity index is 3840. The number of benzene rings is 10. The third kappa shape index (κ3) is 14.2. The highest BCUT2D eigenvalue weighted by Crippen LogP contribution is 2.36. The van der Waals surface area contributed by atoms with Crippen molar-refractivity contribution in [3.63, 3.8) is 0 Å². The van der Waals surface area contributed by atoms with Crippen molar-refractivity contribution >= 4 is 67.9 Å². The van der Waals surface area contributed by atoms with Gasteiger partial charge in [0.25, 0.3) is 0 Å². The molecule has 2 aromatic heterocycles. The first-order valence-electron chi connectivity index (χ1n) is 30.9. The monoisotopic (exact) mass is 1150 g/mol. The van der Waals surface area contributed by atoms with Crippen molar-refractivity contribution in [3.8, 4) is 11.4 Å². The minimum Gasteiger partial charge on any atom is -0.376 e. The minimum atomic E-state index is 0.581. The van der Waals surface area contributed by atoms with Gasteiger partial charge in [-0.2, -0.15) is 0 Å². The van der Waals surface area contributed by atoms with Gasteiger partial charge in [-0.05, 0) is 189 Å². The summed E-state index contributed by atoms with van der Waals surface area (Å²) in [4.78, 5) is 0. The van der Waals surface area contributed by atoms with E-state index in [-0.39, 0.29) is 0 Å². The van der Waals surface area contributed by atoms with Gasteiger partial charge in [-0.15, -0.1) is 0 Å². The van der Waals surface area contributed by atoms with E-state index >= 15 is 0 Å². The number of hydrogen-bond acceptors (Lipinski definition) is 4. The van der Waals surface area contributed by atoms with Crippen LogP contribution in [0.25, 0.3) is 79.3 Å². The Morgan fingerprint density at radius 3 is 0.682 bits per heavy atom. The van der Waals surface area contributed by atoms with Gasteiger partial charge in [0.05, 0.1) is 74.9 Å². The summed E-state index contributed by atoms with van der Waals surface area (Å²) >= 11 is 0. The molecule has 0 N–H and O–H groups in total. The van der Waals surface area contributed by atoms with Gasteiger partial charge in [-0.25, -0.2) is 0 Å². The number of fused-ring (bicyclic) bond motifs is 6. The maximum Gasteiger partial charge on any atom is 0.0717 e. The average molecular weight is 1150 g/mol. The predicted molar refractivity (Wildman–Crippen MR) is 369 cm³/mol. The smallest absolute Gasteiger partial charge is 0.0717 e. The lowest BCUT2D eigenvalue weighted by Gasteiger charge is -2.11. The summed E-state index contributed by atoms with van der Waals surface area (Å²) in [6, 6.07) is 79.6. The van der Waals surface area contributed by atoms with Crippen LogP contribution >= 0.6 is 0 Å². The zero-order valence-corrected chi connectivity index (χ0v) is 50.3. The second-order valence-electron chi connectivity index (χ2n) is 22.9. The molecule has 0 atom stereocenters. The van der Waals surface area contributed by atoms with E-state index in [0.717, 1.165) is 94.4 Å². The fraction of sp³-hybridized carbons (Fsp3) is 0.171. The quantitative estimate of drug-likeness (QED) is 0.0438. The summed E-state index contributed by atoms with van der Waals surface area (Å²) in [5.74, 6) is 0. The molecule has 0 spiro atoms. The molecule has 0 saturated heterocycles. The van der Waals surface area contributed by atoms with Gasteiger partial charge in [0.15, 0.2) is 0 Å². The highest BCUT2D eigenvalue weighted by Gasteiger charge is 2.17. The number of nitrogens with zero attached hydrogens (tertiary/aromatic N) is 2. The van der Waals surface area contributed by atoms with Gasteiger partial charge in [0.1, 0.15) is 0 Å². The van der Waals surface area contributed by atoms with Crippen molar-refractivity contribution in [2.45, 2.75) is 65.0 Å². The summed E-state index contributed by atoms with van der Waals surface area (Å²) in [5.41, 5.74) is 23.8. The van der Waals surface area contributed by atoms with Crippen molar-refractivity contribution in [1.29, 1.82) is 0 Å². The van der Waals surface area contributed by atoms with Crippen LogP contribution in [0.2, 0.25) is 0 Å². The summed E-state index contributed by atoms with van der Waals surface area (Å²) in [6.45, 7) is 20.4. The normalized spacial score (nSPS) is 11.5. The lowest BCUT2D eigenvalue weighted by molar-refractivity contribution is 0.124. The molecule has 0 radical (unpaired) electrons. The number of ether oxygens (including phenoxy) is 4. The molecule has 2 heterocycles. The molecular weight excluding hydrogens is 1080 g/mol. The summed E-state index contributed by atoms with van der Waals surface area (Å²) in [5, 5.41) is 4.97. The Kier molecular flexibility index (Phi) is 19.0.